The number of ether oxygens (including phenoxy) is 1. The molecule has 0 atom stereocenters. The molecule has 0 bridgehead atoms. The number of benzene rings is 1. The molecule has 2 N–H and O–H groups in total. The smallest absolute Gasteiger partial charge is 0.340 e. The van der Waals surface area contributed by atoms with Crippen molar-refractivity contribution < 1.29 is 14.3 Å². The summed E-state index contributed by atoms with van der Waals surface area (Å²) in [6, 6.07) is 8.17. The topological polar surface area (TPSA) is 101 Å². The van der Waals surface area contributed by atoms with Crippen LogP contribution in [0.3, 0.4) is 0 Å². The number of aromatic nitrogens is 2. The van der Waals surface area contributed by atoms with Crippen LogP contribution in [0.15, 0.2) is 40.3 Å². The van der Waals surface area contributed by atoms with Crippen LogP contribution >= 0.6 is 23.5 Å². The Kier molecular flexibility index (Phi) is 9.27. The number of amides is 1. The van der Waals surface area contributed by atoms with E-state index >= 15 is 0 Å². The average molecular weight is 436 g/mol. The number of esters is 1. The van der Waals surface area contributed by atoms with Gasteiger partial charge in [-0.3, -0.25) is 9.59 Å². The standard InChI is InChI=1S/C20H25N3O4S2/c1-4-9-27-19(26)15-7-5-6-8-16(15)22-18(25)12-29-20-21-14(10-17(24)23-20)11-28-13(2)3/h5-8,10,13H,4,9,11-12H2,1-3H3,(H,22,25)(H,21,23,24). The molecule has 2 rings (SSSR count). The SMILES string of the molecule is CCCOC(=O)c1ccccc1NC(=O)CSc1nc(CSC(C)C)cc(=O)[nH]1. The number of thioether (sulfide) groups is 2. The summed E-state index contributed by atoms with van der Waals surface area (Å²) in [6.45, 7) is 6.38. The zero-order chi connectivity index (χ0) is 21.2. The van der Waals surface area contributed by atoms with Crippen LogP contribution in [0.4, 0.5) is 5.69 Å². The predicted molar refractivity (Wildman–Crippen MR) is 118 cm³/mol. The van der Waals surface area contributed by atoms with Gasteiger partial charge in [0.25, 0.3) is 5.56 Å². The summed E-state index contributed by atoms with van der Waals surface area (Å²) >= 11 is 2.82. The fourth-order valence-electron chi connectivity index (χ4n) is 2.24. The molecular weight excluding hydrogens is 410 g/mol. The Bertz CT molecular complexity index is 899. The van der Waals surface area contributed by atoms with Crippen molar-refractivity contribution in [1.82, 2.24) is 9.97 Å². The number of anilines is 1. The van der Waals surface area contributed by atoms with Gasteiger partial charge in [-0.05, 0) is 23.8 Å². The van der Waals surface area contributed by atoms with E-state index in [4.69, 9.17) is 4.74 Å². The van der Waals surface area contributed by atoms with Crippen LogP contribution in [-0.2, 0) is 15.3 Å². The van der Waals surface area contributed by atoms with Crippen molar-refractivity contribution in [1.29, 1.82) is 0 Å². The molecule has 9 heteroatoms. The average Bonchev–Trinajstić information content (AvgIpc) is 2.69. The number of hydrogen-bond acceptors (Lipinski definition) is 7. The predicted octanol–water partition coefficient (Wildman–Crippen LogP) is 3.71. The van der Waals surface area contributed by atoms with Gasteiger partial charge in [-0.15, -0.1) is 0 Å². The third kappa shape index (κ3) is 7.94. The Morgan fingerprint density at radius 3 is 2.76 bits per heavy atom. The molecule has 0 radical (unpaired) electrons. The van der Waals surface area contributed by atoms with Gasteiger partial charge in [-0.1, -0.05) is 44.7 Å². The van der Waals surface area contributed by atoms with Crippen molar-refractivity contribution in [3.05, 3.63) is 51.9 Å². The molecule has 29 heavy (non-hydrogen) atoms. The first kappa shape index (κ1) is 23.0. The van der Waals surface area contributed by atoms with E-state index in [1.54, 1.807) is 36.0 Å². The minimum absolute atomic E-state index is 0.0437. The molecule has 1 heterocycles. The van der Waals surface area contributed by atoms with E-state index in [2.05, 4.69) is 29.1 Å². The molecule has 0 aliphatic rings. The van der Waals surface area contributed by atoms with Crippen LogP contribution in [0.2, 0.25) is 0 Å². The van der Waals surface area contributed by atoms with Crippen molar-refractivity contribution in [2.75, 3.05) is 17.7 Å². The lowest BCUT2D eigenvalue weighted by Crippen LogP contribution is -2.18. The van der Waals surface area contributed by atoms with Crippen molar-refractivity contribution >= 4 is 41.1 Å². The molecule has 0 saturated heterocycles. The van der Waals surface area contributed by atoms with Gasteiger partial charge in [0, 0.05) is 11.8 Å². The minimum Gasteiger partial charge on any atom is -0.462 e. The molecule has 156 valence electrons. The number of H-pyrrole nitrogens is 1. The van der Waals surface area contributed by atoms with E-state index < -0.39 is 5.97 Å². The first-order valence-electron chi connectivity index (χ1n) is 9.29. The molecule has 7 nitrogen and oxygen atoms in total. The van der Waals surface area contributed by atoms with E-state index in [0.717, 1.165) is 18.2 Å². The van der Waals surface area contributed by atoms with Gasteiger partial charge in [-0.25, -0.2) is 9.78 Å². The molecule has 2 aromatic rings. The van der Waals surface area contributed by atoms with Gasteiger partial charge < -0.3 is 15.0 Å². The minimum atomic E-state index is -0.475. The van der Waals surface area contributed by atoms with Crippen molar-refractivity contribution in [2.45, 2.75) is 43.4 Å². The van der Waals surface area contributed by atoms with E-state index in [0.29, 0.717) is 39.7 Å². The summed E-state index contributed by atoms with van der Waals surface area (Å²) < 4.78 is 5.15. The number of carbonyl (C=O) groups is 2. The third-order valence-corrected chi connectivity index (χ3v) is 5.54. The molecular formula is C20H25N3O4S2. The highest BCUT2D eigenvalue weighted by atomic mass is 32.2. The zero-order valence-corrected chi connectivity index (χ0v) is 18.3. The first-order chi connectivity index (χ1) is 13.9. The molecule has 0 unspecified atom stereocenters. The van der Waals surface area contributed by atoms with E-state index in [9.17, 15) is 14.4 Å². The molecule has 0 aliphatic heterocycles. The lowest BCUT2D eigenvalue weighted by Gasteiger charge is -2.10. The monoisotopic (exact) mass is 435 g/mol. The second-order valence-electron chi connectivity index (χ2n) is 6.42. The number of rotatable bonds is 10. The zero-order valence-electron chi connectivity index (χ0n) is 16.7. The Balaban J connectivity index is 1.99. The number of para-hydroxylation sites is 1. The molecule has 0 aliphatic carbocycles. The quantitative estimate of drug-likeness (QED) is 0.333. The van der Waals surface area contributed by atoms with E-state index in [-0.39, 0.29) is 17.2 Å². The van der Waals surface area contributed by atoms with Gasteiger partial charge in [0.2, 0.25) is 5.91 Å². The van der Waals surface area contributed by atoms with Crippen LogP contribution in [0.25, 0.3) is 0 Å². The fraction of sp³-hybridized carbons (Fsp3) is 0.400. The Labute approximate surface area is 178 Å². The Hall–Kier alpha value is -2.26. The van der Waals surface area contributed by atoms with Gasteiger partial charge in [0.1, 0.15) is 0 Å². The molecule has 0 spiro atoms. The lowest BCUT2D eigenvalue weighted by molar-refractivity contribution is -0.113. The summed E-state index contributed by atoms with van der Waals surface area (Å²) in [5.41, 5.74) is 1.13. The maximum Gasteiger partial charge on any atom is 0.340 e. The molecule has 1 aromatic carbocycles. The van der Waals surface area contributed by atoms with Gasteiger partial charge in [0.05, 0.1) is 29.3 Å². The van der Waals surface area contributed by atoms with Crippen molar-refractivity contribution in [2.24, 2.45) is 0 Å². The fourth-order valence-corrected chi connectivity index (χ4v) is 3.59. The van der Waals surface area contributed by atoms with E-state index in [1.807, 2.05) is 6.92 Å². The van der Waals surface area contributed by atoms with Crippen LogP contribution < -0.4 is 10.9 Å². The molecule has 1 aromatic heterocycles. The molecule has 0 fully saturated rings. The van der Waals surface area contributed by atoms with Crippen LogP contribution in [-0.4, -0.2) is 39.5 Å². The second kappa shape index (κ2) is 11.7. The summed E-state index contributed by atoms with van der Waals surface area (Å²) in [4.78, 5) is 43.4. The van der Waals surface area contributed by atoms with Crippen LogP contribution in [0.1, 0.15) is 43.2 Å². The third-order valence-electron chi connectivity index (χ3n) is 3.54. The summed E-state index contributed by atoms with van der Waals surface area (Å²) in [6.07, 6.45) is 0.719. The van der Waals surface area contributed by atoms with Gasteiger partial charge in [-0.2, -0.15) is 11.8 Å². The summed E-state index contributed by atoms with van der Waals surface area (Å²) in [7, 11) is 0. The van der Waals surface area contributed by atoms with Gasteiger partial charge >= 0.3 is 5.97 Å². The first-order valence-corrected chi connectivity index (χ1v) is 11.3. The number of nitrogens with zero attached hydrogens (tertiary/aromatic N) is 1. The van der Waals surface area contributed by atoms with E-state index in [1.165, 1.54) is 6.07 Å². The lowest BCUT2D eigenvalue weighted by atomic mass is 10.2. The number of carbonyl (C=O) groups excluding carboxylic acids is 2. The summed E-state index contributed by atoms with van der Waals surface area (Å²) in [5.74, 6) is -0.108. The highest BCUT2D eigenvalue weighted by Gasteiger charge is 2.15. The van der Waals surface area contributed by atoms with Crippen molar-refractivity contribution in [3.8, 4) is 0 Å². The van der Waals surface area contributed by atoms with Crippen LogP contribution in [0, 0.1) is 0 Å². The maximum atomic E-state index is 12.4. The van der Waals surface area contributed by atoms with Crippen LogP contribution in [0.5, 0.6) is 0 Å². The second-order valence-corrected chi connectivity index (χ2v) is 8.95. The highest BCUT2D eigenvalue weighted by Crippen LogP contribution is 2.19. The Morgan fingerprint density at radius 2 is 2.03 bits per heavy atom. The molecule has 1 amide bonds. The number of nitrogens with one attached hydrogen (secondary N) is 2. The van der Waals surface area contributed by atoms with Gasteiger partial charge in [0.15, 0.2) is 5.16 Å². The Morgan fingerprint density at radius 1 is 1.28 bits per heavy atom. The largest absolute Gasteiger partial charge is 0.462 e. The highest BCUT2D eigenvalue weighted by molar-refractivity contribution is 7.99. The normalized spacial score (nSPS) is 10.8. The molecule has 0 saturated carbocycles. The van der Waals surface area contributed by atoms with Crippen molar-refractivity contribution in [3.63, 3.8) is 0 Å². The number of aromatic amines is 1. The summed E-state index contributed by atoms with van der Waals surface area (Å²) in [5, 5.41) is 3.55. The maximum absolute atomic E-state index is 12.4. The number of hydrogen-bond donors (Lipinski definition) is 2.